The summed E-state index contributed by atoms with van der Waals surface area (Å²) in [5, 5.41) is 9.20. The first kappa shape index (κ1) is 19.2. The minimum Gasteiger partial charge on any atom is -0.494 e. The molecule has 2 atom stereocenters. The minimum atomic E-state index is -0.293. The van der Waals surface area contributed by atoms with Crippen LogP contribution < -0.4 is 9.47 Å². The van der Waals surface area contributed by atoms with Gasteiger partial charge < -0.3 is 9.47 Å². The molecule has 0 radical (unpaired) electrons. The van der Waals surface area contributed by atoms with Gasteiger partial charge >= 0.3 is 0 Å². The van der Waals surface area contributed by atoms with Gasteiger partial charge in [0.1, 0.15) is 11.5 Å². The van der Waals surface area contributed by atoms with Crippen LogP contribution in [0.25, 0.3) is 0 Å². The van der Waals surface area contributed by atoms with Crippen molar-refractivity contribution in [2.24, 2.45) is 5.10 Å². The third-order valence-corrected chi connectivity index (χ3v) is 7.06. The standard InChI is InChI=1S/C22H18Br2N2O2S/c1-2-27-15-7-5-13(6-8-15)22-26-19(12-18(25-26)20-4-3-9-29-20)16-10-14(23)11-17(24)21(16)28-22/h3-11,19,22H,2,12H2,1H3/t19-,22+/m1/s1. The van der Waals surface area contributed by atoms with Gasteiger partial charge in [-0.25, -0.2) is 5.01 Å². The number of rotatable bonds is 4. The van der Waals surface area contributed by atoms with Crippen LogP contribution in [0, 0.1) is 0 Å². The van der Waals surface area contributed by atoms with Crippen molar-refractivity contribution in [1.82, 2.24) is 5.01 Å². The topological polar surface area (TPSA) is 34.1 Å². The number of benzene rings is 2. The Labute approximate surface area is 190 Å². The van der Waals surface area contributed by atoms with Crippen LogP contribution in [0.5, 0.6) is 11.5 Å². The first-order chi connectivity index (χ1) is 14.1. The highest BCUT2D eigenvalue weighted by Crippen LogP contribution is 2.51. The Morgan fingerprint density at radius 1 is 1.21 bits per heavy atom. The van der Waals surface area contributed by atoms with E-state index in [1.54, 1.807) is 11.3 Å². The summed E-state index contributed by atoms with van der Waals surface area (Å²) in [6, 6.07) is 16.6. The van der Waals surface area contributed by atoms with Crippen LogP contribution in [0.3, 0.4) is 0 Å². The lowest BCUT2D eigenvalue weighted by molar-refractivity contribution is -0.0197. The fraction of sp³-hybridized carbons (Fsp3) is 0.227. The first-order valence-electron chi connectivity index (χ1n) is 9.42. The van der Waals surface area contributed by atoms with E-state index >= 15 is 0 Å². The molecule has 5 rings (SSSR count). The third-order valence-electron chi connectivity index (χ3n) is 5.09. The highest BCUT2D eigenvalue weighted by Gasteiger charge is 2.42. The molecule has 29 heavy (non-hydrogen) atoms. The van der Waals surface area contributed by atoms with Crippen LogP contribution in [0.15, 0.2) is 68.0 Å². The average Bonchev–Trinajstić information content (AvgIpc) is 3.38. The average molecular weight is 534 g/mol. The largest absolute Gasteiger partial charge is 0.494 e. The summed E-state index contributed by atoms with van der Waals surface area (Å²) in [6.45, 7) is 2.64. The number of hydrogen-bond acceptors (Lipinski definition) is 5. The molecular formula is C22H18Br2N2O2S. The second-order valence-electron chi connectivity index (χ2n) is 6.90. The van der Waals surface area contributed by atoms with Gasteiger partial charge in [-0.2, -0.15) is 5.10 Å². The molecule has 2 aliphatic heterocycles. The van der Waals surface area contributed by atoms with Gasteiger partial charge in [-0.1, -0.05) is 22.0 Å². The van der Waals surface area contributed by atoms with Crippen molar-refractivity contribution in [2.45, 2.75) is 25.6 Å². The Kier molecular flexibility index (Phi) is 5.14. The van der Waals surface area contributed by atoms with E-state index in [1.807, 2.05) is 25.1 Å². The summed E-state index contributed by atoms with van der Waals surface area (Å²) in [4.78, 5) is 1.21. The molecule has 0 fully saturated rings. The first-order valence-corrected chi connectivity index (χ1v) is 11.9. The molecule has 0 saturated carbocycles. The predicted molar refractivity (Wildman–Crippen MR) is 123 cm³/mol. The molecule has 0 N–H and O–H groups in total. The summed E-state index contributed by atoms with van der Waals surface area (Å²) < 4.78 is 14.1. The van der Waals surface area contributed by atoms with E-state index in [2.05, 4.69) is 72.6 Å². The molecule has 7 heteroatoms. The van der Waals surface area contributed by atoms with Gasteiger partial charge in [0.2, 0.25) is 6.23 Å². The molecule has 2 aromatic carbocycles. The summed E-state index contributed by atoms with van der Waals surface area (Å²) in [5.41, 5.74) is 3.30. The van der Waals surface area contributed by atoms with Crippen molar-refractivity contribution in [3.8, 4) is 11.5 Å². The quantitative estimate of drug-likeness (QED) is 0.365. The Bertz CT molecular complexity index is 1070. The van der Waals surface area contributed by atoms with Crippen molar-refractivity contribution >= 4 is 48.9 Å². The number of hydrazone groups is 1. The van der Waals surface area contributed by atoms with Crippen molar-refractivity contribution in [3.63, 3.8) is 0 Å². The zero-order valence-corrected chi connectivity index (χ0v) is 19.6. The maximum Gasteiger partial charge on any atom is 0.213 e. The molecular weight excluding hydrogens is 516 g/mol. The molecule has 0 amide bonds. The fourth-order valence-electron chi connectivity index (χ4n) is 3.82. The lowest BCUT2D eigenvalue weighted by Gasteiger charge is -2.38. The van der Waals surface area contributed by atoms with E-state index < -0.39 is 0 Å². The molecule has 2 aliphatic rings. The van der Waals surface area contributed by atoms with Gasteiger partial charge in [0, 0.05) is 22.0 Å². The summed E-state index contributed by atoms with van der Waals surface area (Å²) in [7, 11) is 0. The van der Waals surface area contributed by atoms with Crippen LogP contribution in [0.2, 0.25) is 0 Å². The second-order valence-corrected chi connectivity index (χ2v) is 9.62. The third kappa shape index (κ3) is 3.49. The summed E-state index contributed by atoms with van der Waals surface area (Å²) >= 11 is 9.03. The highest BCUT2D eigenvalue weighted by molar-refractivity contribution is 9.11. The van der Waals surface area contributed by atoms with E-state index in [9.17, 15) is 0 Å². The van der Waals surface area contributed by atoms with E-state index in [-0.39, 0.29) is 12.3 Å². The zero-order chi connectivity index (χ0) is 20.0. The van der Waals surface area contributed by atoms with E-state index in [1.165, 1.54) is 4.88 Å². The highest BCUT2D eigenvalue weighted by atomic mass is 79.9. The van der Waals surface area contributed by atoms with Crippen LogP contribution >= 0.6 is 43.2 Å². The van der Waals surface area contributed by atoms with Crippen molar-refractivity contribution < 1.29 is 9.47 Å². The smallest absolute Gasteiger partial charge is 0.213 e. The predicted octanol–water partition coefficient (Wildman–Crippen LogP) is 6.91. The summed E-state index contributed by atoms with van der Waals surface area (Å²) in [6.07, 6.45) is 0.561. The van der Waals surface area contributed by atoms with Crippen LogP contribution in [-0.2, 0) is 0 Å². The van der Waals surface area contributed by atoms with Crippen LogP contribution in [-0.4, -0.2) is 17.3 Å². The normalized spacial score (nSPS) is 20.0. The zero-order valence-electron chi connectivity index (χ0n) is 15.6. The Morgan fingerprint density at radius 2 is 2.03 bits per heavy atom. The number of hydrogen-bond donors (Lipinski definition) is 0. The number of halogens is 2. The lowest BCUT2D eigenvalue weighted by atomic mass is 9.97. The monoisotopic (exact) mass is 532 g/mol. The Balaban J connectivity index is 1.58. The van der Waals surface area contributed by atoms with E-state index in [0.717, 1.165) is 43.7 Å². The van der Waals surface area contributed by atoms with Gasteiger partial charge in [0.25, 0.3) is 0 Å². The number of fused-ring (bicyclic) bond motifs is 3. The SMILES string of the molecule is CCOc1ccc([C@@H]2Oc3c(Br)cc(Br)cc3[C@H]3CC(c4cccs4)=NN32)cc1. The molecule has 0 saturated heterocycles. The van der Waals surface area contributed by atoms with Crippen molar-refractivity contribution in [3.05, 3.63) is 78.9 Å². The lowest BCUT2D eigenvalue weighted by Crippen LogP contribution is -2.33. The fourth-order valence-corrected chi connectivity index (χ4v) is 5.89. The van der Waals surface area contributed by atoms with Crippen LogP contribution in [0.1, 0.15) is 41.6 Å². The molecule has 148 valence electrons. The van der Waals surface area contributed by atoms with Crippen LogP contribution in [0.4, 0.5) is 0 Å². The molecule has 0 aliphatic carbocycles. The molecule has 3 aromatic rings. The second kappa shape index (κ2) is 7.78. The number of nitrogens with zero attached hydrogens (tertiary/aromatic N) is 2. The van der Waals surface area contributed by atoms with Gasteiger partial charge in [0.15, 0.2) is 0 Å². The Hall–Kier alpha value is -1.83. The molecule has 1 aromatic heterocycles. The molecule has 3 heterocycles. The number of thiophene rings is 1. The molecule has 4 nitrogen and oxygen atoms in total. The number of ether oxygens (including phenoxy) is 2. The van der Waals surface area contributed by atoms with E-state index in [0.29, 0.717) is 6.61 Å². The maximum atomic E-state index is 6.50. The van der Waals surface area contributed by atoms with Crippen molar-refractivity contribution in [1.29, 1.82) is 0 Å². The maximum absolute atomic E-state index is 6.50. The van der Waals surface area contributed by atoms with E-state index in [4.69, 9.17) is 14.6 Å². The van der Waals surface area contributed by atoms with Gasteiger partial charge in [-0.3, -0.25) is 0 Å². The van der Waals surface area contributed by atoms with Crippen molar-refractivity contribution in [2.75, 3.05) is 6.61 Å². The molecule has 0 spiro atoms. The Morgan fingerprint density at radius 3 is 2.76 bits per heavy atom. The summed E-state index contributed by atoms with van der Waals surface area (Å²) in [5.74, 6) is 1.74. The molecule has 0 bridgehead atoms. The van der Waals surface area contributed by atoms with Gasteiger partial charge in [0.05, 0.1) is 27.7 Å². The van der Waals surface area contributed by atoms with Gasteiger partial charge in [-0.05, 0) is 70.7 Å². The minimum absolute atomic E-state index is 0.126. The molecule has 0 unspecified atom stereocenters. The van der Waals surface area contributed by atoms with Gasteiger partial charge in [-0.15, -0.1) is 11.3 Å².